The van der Waals surface area contributed by atoms with Crippen molar-refractivity contribution in [3.63, 3.8) is 0 Å². The summed E-state index contributed by atoms with van der Waals surface area (Å²) in [6.45, 7) is 1.83. The summed E-state index contributed by atoms with van der Waals surface area (Å²) >= 11 is 5.58. The Morgan fingerprint density at radius 3 is 2.74 bits per heavy atom. The molecule has 3 aromatic rings. The Balaban J connectivity index is 1.77. The lowest BCUT2D eigenvalue weighted by Crippen LogP contribution is -2.08. The van der Waals surface area contributed by atoms with Crippen molar-refractivity contribution in [3.05, 3.63) is 58.4 Å². The number of halogens is 4. The Morgan fingerprint density at radius 2 is 2.04 bits per heavy atom. The van der Waals surface area contributed by atoms with Crippen LogP contribution in [0.1, 0.15) is 16.8 Å². The average molecular weight is 395 g/mol. The summed E-state index contributed by atoms with van der Waals surface area (Å²) in [6.07, 6.45) is -0.656. The van der Waals surface area contributed by atoms with Crippen LogP contribution in [-0.2, 0) is 18.0 Å². The molecule has 0 spiro atoms. The van der Waals surface area contributed by atoms with Crippen LogP contribution in [0.15, 0.2) is 36.5 Å². The Morgan fingerprint density at radius 1 is 1.30 bits per heavy atom. The molecule has 0 unspecified atom stereocenters. The lowest BCUT2D eigenvalue weighted by atomic mass is 10.1. The maximum Gasteiger partial charge on any atom is 0.417 e. The van der Waals surface area contributed by atoms with Gasteiger partial charge in [0.25, 0.3) is 0 Å². The van der Waals surface area contributed by atoms with Gasteiger partial charge >= 0.3 is 6.18 Å². The van der Waals surface area contributed by atoms with E-state index >= 15 is 0 Å². The van der Waals surface area contributed by atoms with E-state index in [-0.39, 0.29) is 5.56 Å². The first-order chi connectivity index (χ1) is 12.6. The number of fused-ring (bicyclic) bond motifs is 1. The van der Waals surface area contributed by atoms with Gasteiger partial charge in [0.15, 0.2) is 5.65 Å². The van der Waals surface area contributed by atoms with Gasteiger partial charge < -0.3 is 5.32 Å². The van der Waals surface area contributed by atoms with E-state index in [1.54, 1.807) is 17.8 Å². The van der Waals surface area contributed by atoms with E-state index in [0.717, 1.165) is 29.3 Å². The fourth-order valence-electron chi connectivity index (χ4n) is 2.60. The van der Waals surface area contributed by atoms with Crippen molar-refractivity contribution in [1.82, 2.24) is 14.8 Å². The van der Waals surface area contributed by atoms with Crippen LogP contribution in [0.2, 0.25) is 5.02 Å². The summed E-state index contributed by atoms with van der Waals surface area (Å²) in [6, 6.07) is 5.16. The van der Waals surface area contributed by atoms with E-state index in [9.17, 15) is 18.0 Å². The van der Waals surface area contributed by atoms with Crippen LogP contribution in [0, 0.1) is 6.92 Å². The highest BCUT2D eigenvalue weighted by Crippen LogP contribution is 2.35. The Hall–Kier alpha value is -2.87. The van der Waals surface area contributed by atoms with Gasteiger partial charge in [-0.1, -0.05) is 17.7 Å². The molecule has 0 aliphatic rings. The predicted octanol–water partition coefficient (Wildman–Crippen LogP) is 4.60. The second-order valence-corrected chi connectivity index (χ2v) is 6.27. The molecule has 9 heteroatoms. The topological polar surface area (TPSA) is 59.8 Å². The van der Waals surface area contributed by atoms with E-state index in [4.69, 9.17) is 11.6 Å². The van der Waals surface area contributed by atoms with Crippen molar-refractivity contribution in [2.45, 2.75) is 13.1 Å². The molecule has 0 radical (unpaired) electrons. The van der Waals surface area contributed by atoms with Gasteiger partial charge in [0.1, 0.15) is 0 Å². The quantitative estimate of drug-likeness (QED) is 0.660. The molecule has 0 atom stereocenters. The number of hydrogen-bond donors (Lipinski definition) is 1. The van der Waals surface area contributed by atoms with Crippen LogP contribution in [0.5, 0.6) is 0 Å². The number of amides is 1. The molecule has 0 saturated heterocycles. The van der Waals surface area contributed by atoms with E-state index < -0.39 is 22.7 Å². The van der Waals surface area contributed by atoms with Crippen molar-refractivity contribution in [1.29, 1.82) is 0 Å². The molecule has 1 amide bonds. The van der Waals surface area contributed by atoms with Crippen LogP contribution in [0.25, 0.3) is 17.1 Å². The number of aryl methyl sites for hydroxylation is 2. The Kier molecular flexibility index (Phi) is 4.93. The first-order valence-electron chi connectivity index (χ1n) is 7.80. The van der Waals surface area contributed by atoms with Gasteiger partial charge in [-0.3, -0.25) is 9.48 Å². The fourth-order valence-corrected chi connectivity index (χ4v) is 2.82. The predicted molar refractivity (Wildman–Crippen MR) is 97.4 cm³/mol. The summed E-state index contributed by atoms with van der Waals surface area (Å²) in [4.78, 5) is 16.3. The van der Waals surface area contributed by atoms with Gasteiger partial charge in [-0.25, -0.2) is 4.98 Å². The van der Waals surface area contributed by atoms with Crippen LogP contribution >= 0.6 is 11.6 Å². The number of hydrogen-bond acceptors (Lipinski definition) is 3. The maximum absolute atomic E-state index is 12.9. The van der Waals surface area contributed by atoms with Crippen molar-refractivity contribution in [2.75, 3.05) is 5.32 Å². The summed E-state index contributed by atoms with van der Waals surface area (Å²) in [5.41, 5.74) is 1.17. The fraction of sp³-hybridized carbons (Fsp3) is 0.167. The van der Waals surface area contributed by atoms with Gasteiger partial charge in [-0.05, 0) is 36.8 Å². The molecule has 27 heavy (non-hydrogen) atoms. The van der Waals surface area contributed by atoms with Crippen LogP contribution in [0.3, 0.4) is 0 Å². The lowest BCUT2D eigenvalue weighted by molar-refractivity contribution is -0.137. The van der Waals surface area contributed by atoms with E-state index in [1.165, 1.54) is 18.3 Å². The first kappa shape index (κ1) is 18.9. The Labute approximate surface area is 157 Å². The van der Waals surface area contributed by atoms with Crippen LogP contribution in [0.4, 0.5) is 18.9 Å². The molecule has 5 nitrogen and oxygen atoms in total. The SMILES string of the molecule is Cc1nn(C)c2ncc(NC(=O)/C=C/c3ccc(Cl)c(C(F)(F)F)c3)cc12. The van der Waals surface area contributed by atoms with Gasteiger partial charge in [0.2, 0.25) is 5.91 Å². The van der Waals surface area contributed by atoms with Gasteiger partial charge in [0.05, 0.1) is 28.2 Å². The monoisotopic (exact) mass is 394 g/mol. The summed E-state index contributed by atoms with van der Waals surface area (Å²) in [5, 5.41) is 7.27. The number of nitrogens with zero attached hydrogens (tertiary/aromatic N) is 3. The zero-order chi connectivity index (χ0) is 19.8. The Bertz CT molecular complexity index is 1060. The molecule has 0 aliphatic heterocycles. The van der Waals surface area contributed by atoms with Gasteiger partial charge in [-0.15, -0.1) is 0 Å². The molecule has 0 saturated carbocycles. The number of anilines is 1. The van der Waals surface area contributed by atoms with Crippen LogP contribution < -0.4 is 5.32 Å². The minimum Gasteiger partial charge on any atom is -0.321 e. The second kappa shape index (κ2) is 7.03. The molecule has 3 rings (SSSR count). The number of carbonyl (C=O) groups excluding carboxylic acids is 1. The normalized spacial score (nSPS) is 12.1. The zero-order valence-corrected chi connectivity index (χ0v) is 15.1. The molecule has 2 aromatic heterocycles. The highest BCUT2D eigenvalue weighted by Gasteiger charge is 2.33. The number of aromatic nitrogens is 3. The van der Waals surface area contributed by atoms with E-state index in [0.29, 0.717) is 11.3 Å². The smallest absolute Gasteiger partial charge is 0.321 e. The lowest BCUT2D eigenvalue weighted by Gasteiger charge is -2.09. The van der Waals surface area contributed by atoms with Crippen molar-refractivity contribution in [2.24, 2.45) is 7.05 Å². The van der Waals surface area contributed by atoms with Crippen molar-refractivity contribution in [3.8, 4) is 0 Å². The third kappa shape index (κ3) is 4.11. The molecule has 140 valence electrons. The van der Waals surface area contributed by atoms with Gasteiger partial charge in [0, 0.05) is 18.5 Å². The number of pyridine rings is 1. The number of benzene rings is 1. The van der Waals surface area contributed by atoms with Gasteiger partial charge in [-0.2, -0.15) is 18.3 Å². The first-order valence-corrected chi connectivity index (χ1v) is 8.18. The summed E-state index contributed by atoms with van der Waals surface area (Å²) in [7, 11) is 1.77. The number of rotatable bonds is 3. The van der Waals surface area contributed by atoms with Crippen LogP contribution in [-0.4, -0.2) is 20.7 Å². The minimum absolute atomic E-state index is 0.207. The molecule has 0 fully saturated rings. The third-order valence-corrected chi connectivity index (χ3v) is 4.18. The molecule has 0 bridgehead atoms. The molecule has 1 N–H and O–H groups in total. The summed E-state index contributed by atoms with van der Waals surface area (Å²) in [5.74, 6) is -0.499. The third-order valence-electron chi connectivity index (χ3n) is 3.85. The average Bonchev–Trinajstić information content (AvgIpc) is 2.87. The number of nitrogens with one attached hydrogen (secondary N) is 1. The van der Waals surface area contributed by atoms with Crippen molar-refractivity contribution >= 4 is 40.3 Å². The standard InChI is InChI=1S/C18H14ClF3N4O/c1-10-13-8-12(9-23-17(13)26(2)25-10)24-16(27)6-4-11-3-5-15(19)14(7-11)18(20,21)22/h3-9H,1-2H3,(H,24,27)/b6-4+. The molecule has 0 aliphatic carbocycles. The highest BCUT2D eigenvalue weighted by atomic mass is 35.5. The number of carbonyl (C=O) groups is 1. The minimum atomic E-state index is -4.56. The van der Waals surface area contributed by atoms with Crippen molar-refractivity contribution < 1.29 is 18.0 Å². The summed E-state index contributed by atoms with van der Waals surface area (Å²) < 4.78 is 40.3. The highest BCUT2D eigenvalue weighted by molar-refractivity contribution is 6.31. The second-order valence-electron chi connectivity index (χ2n) is 5.86. The molecule has 2 heterocycles. The zero-order valence-electron chi connectivity index (χ0n) is 14.3. The largest absolute Gasteiger partial charge is 0.417 e. The molecular formula is C18H14ClF3N4O. The van der Waals surface area contributed by atoms with E-state index in [1.807, 2.05) is 6.92 Å². The van der Waals surface area contributed by atoms with E-state index in [2.05, 4.69) is 15.4 Å². The molecular weight excluding hydrogens is 381 g/mol. The molecule has 1 aromatic carbocycles. The maximum atomic E-state index is 12.9. The number of alkyl halides is 3.